The lowest BCUT2D eigenvalue weighted by atomic mass is 9.73. The largest absolute Gasteiger partial charge is 0.368 e. The molecule has 2 atom stereocenters. The number of aromatic nitrogens is 3. The summed E-state index contributed by atoms with van der Waals surface area (Å²) in [6.07, 6.45) is 1.01. The van der Waals surface area contributed by atoms with Gasteiger partial charge in [-0.05, 0) is 56.0 Å². The standard InChI is InChI=1S/C30H33F3N6O3S/c1-19-26(20-2-5-22(6-3-20)38-12-14-43(41,42)15-13-38)27(37-39(19)25-7-4-21(31)17-35-25)23-8-9-30(32,33)16-24(23)28(40)36-29(18-34)10-11-29/h2-7,17,23-24,41-42H,8-16H2,1H3,(H,36,40)/t23-,24-/m1/s1. The maximum atomic E-state index is 14.8. The van der Waals surface area contributed by atoms with Crippen LogP contribution in [0.1, 0.15) is 49.4 Å². The molecule has 43 heavy (non-hydrogen) atoms. The molecule has 1 amide bonds. The number of carbonyl (C=O) groups is 1. The topological polar surface area (TPSA) is 127 Å². The van der Waals surface area contributed by atoms with Gasteiger partial charge in [-0.1, -0.05) is 12.1 Å². The number of amides is 1. The number of rotatable bonds is 6. The van der Waals surface area contributed by atoms with Crippen LogP contribution in [0.3, 0.4) is 0 Å². The summed E-state index contributed by atoms with van der Waals surface area (Å²) in [7, 11) is -2.54. The molecule has 6 rings (SSSR count). The van der Waals surface area contributed by atoms with Gasteiger partial charge < -0.3 is 10.2 Å². The Hall–Kier alpha value is -3.60. The van der Waals surface area contributed by atoms with E-state index in [2.05, 4.69) is 21.3 Å². The molecular formula is C30H33F3N6O3S. The number of hydrogen-bond acceptors (Lipinski definition) is 7. The van der Waals surface area contributed by atoms with Crippen molar-refractivity contribution in [2.24, 2.45) is 5.92 Å². The van der Waals surface area contributed by atoms with E-state index in [-0.39, 0.29) is 6.42 Å². The Labute approximate surface area is 249 Å². The Balaban J connectivity index is 1.40. The zero-order valence-electron chi connectivity index (χ0n) is 23.6. The summed E-state index contributed by atoms with van der Waals surface area (Å²) in [5.74, 6) is -4.93. The van der Waals surface area contributed by atoms with E-state index in [4.69, 9.17) is 5.10 Å². The molecule has 1 aromatic carbocycles. The number of halogens is 3. The summed E-state index contributed by atoms with van der Waals surface area (Å²) in [6, 6.07) is 12.5. The fraction of sp³-hybridized carbons (Fsp3) is 0.467. The molecule has 0 spiro atoms. The third-order valence-electron chi connectivity index (χ3n) is 8.81. The molecule has 9 nitrogen and oxygen atoms in total. The van der Waals surface area contributed by atoms with Gasteiger partial charge in [-0.25, -0.2) is 22.8 Å². The highest BCUT2D eigenvalue weighted by atomic mass is 32.3. The number of anilines is 1. The van der Waals surface area contributed by atoms with E-state index in [1.165, 1.54) is 12.1 Å². The molecule has 3 fully saturated rings. The molecule has 1 aliphatic heterocycles. The van der Waals surface area contributed by atoms with Gasteiger partial charge in [0.05, 0.1) is 41.1 Å². The van der Waals surface area contributed by atoms with Crippen molar-refractivity contribution in [3.63, 3.8) is 0 Å². The highest BCUT2D eigenvalue weighted by Gasteiger charge is 2.51. The molecule has 2 aliphatic carbocycles. The third-order valence-corrected chi connectivity index (χ3v) is 10.5. The minimum Gasteiger partial charge on any atom is -0.368 e. The molecule has 3 heterocycles. The normalized spacial score (nSPS) is 24.5. The van der Waals surface area contributed by atoms with E-state index in [1.807, 2.05) is 31.2 Å². The van der Waals surface area contributed by atoms with Gasteiger partial charge in [0.15, 0.2) is 5.82 Å². The van der Waals surface area contributed by atoms with E-state index >= 15 is 0 Å². The van der Waals surface area contributed by atoms with Crippen molar-refractivity contribution in [2.45, 2.75) is 56.4 Å². The van der Waals surface area contributed by atoms with E-state index in [9.17, 15) is 32.3 Å². The van der Waals surface area contributed by atoms with Crippen molar-refractivity contribution >= 4 is 22.2 Å². The van der Waals surface area contributed by atoms with Gasteiger partial charge in [-0.15, -0.1) is 0 Å². The molecule has 0 radical (unpaired) electrons. The van der Waals surface area contributed by atoms with Gasteiger partial charge in [-0.2, -0.15) is 21.0 Å². The van der Waals surface area contributed by atoms with Gasteiger partial charge in [0.25, 0.3) is 0 Å². The van der Waals surface area contributed by atoms with Crippen LogP contribution in [0.15, 0.2) is 42.6 Å². The van der Waals surface area contributed by atoms with E-state index in [1.54, 1.807) is 4.68 Å². The van der Waals surface area contributed by atoms with Crippen molar-refractivity contribution in [2.75, 3.05) is 29.5 Å². The summed E-state index contributed by atoms with van der Waals surface area (Å²) >= 11 is 0. The SMILES string of the molecule is Cc1c(-c2ccc(N3CCS(O)(O)CC3)cc2)c([C@@H]2CCC(F)(F)C[C@H]2C(=O)NC2(C#N)CC2)nn1-c1ccc(F)cn1. The first kappa shape index (κ1) is 29.5. The number of nitriles is 1. The van der Waals surface area contributed by atoms with E-state index < -0.39 is 58.5 Å². The van der Waals surface area contributed by atoms with Crippen molar-refractivity contribution in [3.8, 4) is 23.0 Å². The summed E-state index contributed by atoms with van der Waals surface area (Å²) in [5, 5.41) is 17.1. The zero-order valence-corrected chi connectivity index (χ0v) is 24.5. The van der Waals surface area contributed by atoms with Crippen LogP contribution in [0.25, 0.3) is 16.9 Å². The van der Waals surface area contributed by atoms with Crippen molar-refractivity contribution in [3.05, 3.63) is 59.8 Å². The number of pyridine rings is 1. The van der Waals surface area contributed by atoms with Crippen LogP contribution < -0.4 is 10.2 Å². The first-order valence-electron chi connectivity index (χ1n) is 14.3. The second kappa shape index (κ2) is 10.8. The lowest BCUT2D eigenvalue weighted by Crippen LogP contribution is -2.45. The number of alkyl halides is 2. The molecule has 3 N–H and O–H groups in total. The van der Waals surface area contributed by atoms with Crippen LogP contribution in [0, 0.1) is 30.0 Å². The maximum absolute atomic E-state index is 14.8. The zero-order chi connectivity index (χ0) is 30.6. The first-order valence-corrected chi connectivity index (χ1v) is 16.2. The minimum absolute atomic E-state index is 0.0171. The summed E-state index contributed by atoms with van der Waals surface area (Å²) < 4.78 is 64.7. The predicted molar refractivity (Wildman–Crippen MR) is 157 cm³/mol. The Bertz CT molecular complexity index is 1560. The van der Waals surface area contributed by atoms with Gasteiger partial charge in [0, 0.05) is 43.1 Å². The van der Waals surface area contributed by atoms with Crippen molar-refractivity contribution in [1.29, 1.82) is 5.26 Å². The fourth-order valence-corrected chi connectivity index (χ4v) is 7.37. The predicted octanol–water partition coefficient (Wildman–Crippen LogP) is 5.64. The molecule has 2 saturated carbocycles. The average Bonchev–Trinajstić information content (AvgIpc) is 3.67. The van der Waals surface area contributed by atoms with Crippen LogP contribution in [0.2, 0.25) is 0 Å². The molecule has 3 aromatic rings. The fourth-order valence-electron chi connectivity index (χ4n) is 6.14. The number of carbonyl (C=O) groups excluding carboxylic acids is 1. The Morgan fingerprint density at radius 3 is 2.42 bits per heavy atom. The van der Waals surface area contributed by atoms with Gasteiger partial charge in [0.1, 0.15) is 11.4 Å². The van der Waals surface area contributed by atoms with Crippen LogP contribution >= 0.6 is 10.6 Å². The van der Waals surface area contributed by atoms with Crippen molar-refractivity contribution < 1.29 is 27.1 Å². The van der Waals surface area contributed by atoms with E-state index in [0.717, 1.165) is 17.4 Å². The van der Waals surface area contributed by atoms with Gasteiger partial charge in [0.2, 0.25) is 11.8 Å². The highest BCUT2D eigenvalue weighted by molar-refractivity contribution is 8.24. The number of nitrogens with zero attached hydrogens (tertiary/aromatic N) is 5. The van der Waals surface area contributed by atoms with E-state index in [0.29, 0.717) is 60.2 Å². The molecular weight excluding hydrogens is 581 g/mol. The average molecular weight is 615 g/mol. The lowest BCUT2D eigenvalue weighted by molar-refractivity contribution is -0.134. The highest BCUT2D eigenvalue weighted by Crippen LogP contribution is 2.49. The van der Waals surface area contributed by atoms with Crippen LogP contribution in [0.4, 0.5) is 18.9 Å². The number of hydrogen-bond donors (Lipinski definition) is 3. The van der Waals surface area contributed by atoms with Gasteiger partial charge >= 0.3 is 0 Å². The maximum Gasteiger partial charge on any atom is 0.249 e. The van der Waals surface area contributed by atoms with Crippen molar-refractivity contribution in [1.82, 2.24) is 20.1 Å². The van der Waals surface area contributed by atoms with Crippen LogP contribution in [-0.2, 0) is 4.79 Å². The van der Waals surface area contributed by atoms with Gasteiger partial charge in [-0.3, -0.25) is 13.9 Å². The monoisotopic (exact) mass is 614 g/mol. The Morgan fingerprint density at radius 1 is 1.12 bits per heavy atom. The third kappa shape index (κ3) is 5.96. The Morgan fingerprint density at radius 2 is 1.81 bits per heavy atom. The van der Waals surface area contributed by atoms with Crippen LogP contribution in [-0.4, -0.2) is 65.8 Å². The summed E-state index contributed by atoms with van der Waals surface area (Å²) in [4.78, 5) is 19.7. The molecule has 13 heteroatoms. The summed E-state index contributed by atoms with van der Waals surface area (Å²) in [6.45, 7) is 2.84. The second-order valence-corrected chi connectivity index (χ2v) is 14.3. The lowest BCUT2D eigenvalue weighted by Gasteiger charge is -2.41. The number of benzene rings is 1. The number of nitrogens with one attached hydrogen (secondary N) is 1. The molecule has 0 bridgehead atoms. The minimum atomic E-state index is -3.03. The molecule has 2 aromatic heterocycles. The molecule has 1 saturated heterocycles. The van der Waals surface area contributed by atoms with Crippen LogP contribution in [0.5, 0.6) is 0 Å². The molecule has 3 aliphatic rings. The Kier molecular flexibility index (Phi) is 7.43. The first-order chi connectivity index (χ1) is 20.4. The summed E-state index contributed by atoms with van der Waals surface area (Å²) in [5.41, 5.74) is 2.48. The quantitative estimate of drug-likeness (QED) is 0.328. The molecule has 0 unspecified atom stereocenters. The smallest absolute Gasteiger partial charge is 0.249 e. The second-order valence-electron chi connectivity index (χ2n) is 11.8. The molecule has 228 valence electrons.